The Morgan fingerprint density at radius 1 is 0.696 bits per heavy atom. The summed E-state index contributed by atoms with van der Waals surface area (Å²) in [6, 6.07) is 25.9. The van der Waals surface area contributed by atoms with E-state index in [0.717, 1.165) is 87.1 Å². The van der Waals surface area contributed by atoms with Gasteiger partial charge in [0.05, 0.1) is 6.42 Å². The average molecular weight is 770 g/mol. The lowest BCUT2D eigenvalue weighted by atomic mass is 9.98. The van der Waals surface area contributed by atoms with Gasteiger partial charge in [-0.2, -0.15) is 0 Å². The van der Waals surface area contributed by atoms with E-state index in [-0.39, 0.29) is 42.8 Å². The molecule has 4 rings (SSSR count). The molecule has 0 aromatic heterocycles. The van der Waals surface area contributed by atoms with Gasteiger partial charge in [-0.3, -0.25) is 19.2 Å². The van der Waals surface area contributed by atoms with E-state index in [4.69, 9.17) is 9.47 Å². The second-order valence-electron chi connectivity index (χ2n) is 15.1. The van der Waals surface area contributed by atoms with E-state index < -0.39 is 0 Å². The van der Waals surface area contributed by atoms with Gasteiger partial charge in [0.25, 0.3) is 5.91 Å². The van der Waals surface area contributed by atoms with E-state index in [2.05, 4.69) is 35.0 Å². The number of carbonyl (C=O) groups excluding carboxylic acids is 4. The van der Waals surface area contributed by atoms with Crippen LogP contribution in [0.2, 0.25) is 0 Å². The van der Waals surface area contributed by atoms with Gasteiger partial charge in [0.1, 0.15) is 12.7 Å². The molecule has 304 valence electrons. The molecular weight excluding hydrogens is 707 g/mol. The van der Waals surface area contributed by atoms with Crippen LogP contribution in [0.3, 0.4) is 0 Å². The molecule has 1 aliphatic rings. The highest BCUT2D eigenvalue weighted by Gasteiger charge is 2.23. The Bertz CT molecular complexity index is 1660. The molecule has 0 radical (unpaired) electrons. The zero-order valence-corrected chi connectivity index (χ0v) is 34.3. The Morgan fingerprint density at radius 3 is 2.07 bits per heavy atom. The van der Waals surface area contributed by atoms with Crippen LogP contribution in [0.4, 0.5) is 0 Å². The van der Waals surface area contributed by atoms with Gasteiger partial charge >= 0.3 is 5.97 Å². The van der Waals surface area contributed by atoms with E-state index in [1.54, 1.807) is 23.9 Å². The Labute approximate surface area is 334 Å². The Kier molecular flexibility index (Phi) is 18.5. The summed E-state index contributed by atoms with van der Waals surface area (Å²) in [5, 5.41) is 0. The molecule has 56 heavy (non-hydrogen) atoms. The zero-order valence-electron chi connectivity index (χ0n) is 34.3. The van der Waals surface area contributed by atoms with Crippen LogP contribution in [0.5, 0.6) is 0 Å². The number of esters is 1. The molecule has 0 spiro atoms. The van der Waals surface area contributed by atoms with Crippen LogP contribution in [0, 0.1) is 0 Å². The monoisotopic (exact) mass is 769 g/mol. The van der Waals surface area contributed by atoms with Crippen LogP contribution in [-0.2, 0) is 36.8 Å². The number of unbranched alkanes of at least 4 members (excludes halogenated alkanes) is 2. The molecule has 0 N–H and O–H groups in total. The largest absolute Gasteiger partial charge is 0.462 e. The summed E-state index contributed by atoms with van der Waals surface area (Å²) in [5.74, 6) is -0.104. The highest BCUT2D eigenvalue weighted by atomic mass is 16.5. The summed E-state index contributed by atoms with van der Waals surface area (Å²) in [6.45, 7) is 6.13. The predicted octanol–water partition coefficient (Wildman–Crippen LogP) is 5.62. The first-order chi connectivity index (χ1) is 27.0. The van der Waals surface area contributed by atoms with Crippen molar-refractivity contribution in [2.75, 3.05) is 87.7 Å². The third-order valence-corrected chi connectivity index (χ3v) is 10.6. The lowest BCUT2D eigenvalue weighted by Crippen LogP contribution is -2.42. The van der Waals surface area contributed by atoms with Crippen LogP contribution in [0.15, 0.2) is 78.9 Å². The van der Waals surface area contributed by atoms with E-state index in [0.29, 0.717) is 38.0 Å². The Hall–Kier alpha value is -4.58. The van der Waals surface area contributed by atoms with Crippen molar-refractivity contribution in [2.24, 2.45) is 0 Å². The lowest BCUT2D eigenvalue weighted by Gasteiger charge is -2.32. The third kappa shape index (κ3) is 14.8. The molecule has 0 aliphatic carbocycles. The summed E-state index contributed by atoms with van der Waals surface area (Å²) in [5.41, 5.74) is 4.93. The van der Waals surface area contributed by atoms with Gasteiger partial charge < -0.3 is 34.0 Å². The number of nitrogens with zero attached hydrogens (tertiary/aromatic N) is 5. The van der Waals surface area contributed by atoms with E-state index in [1.807, 2.05) is 72.6 Å². The molecule has 1 heterocycles. The van der Waals surface area contributed by atoms with Gasteiger partial charge in [-0.25, -0.2) is 0 Å². The van der Waals surface area contributed by atoms with E-state index in [1.165, 1.54) is 7.11 Å². The summed E-state index contributed by atoms with van der Waals surface area (Å²) in [4.78, 5) is 60.2. The first-order valence-electron chi connectivity index (χ1n) is 20.1. The Morgan fingerprint density at radius 2 is 1.36 bits per heavy atom. The minimum absolute atomic E-state index is 0.0339. The number of amides is 3. The molecular formula is C45H63N5O6. The molecule has 3 aromatic carbocycles. The van der Waals surface area contributed by atoms with Gasteiger partial charge in [-0.05, 0) is 80.1 Å². The molecule has 1 aliphatic heterocycles. The van der Waals surface area contributed by atoms with Gasteiger partial charge in [-0.1, -0.05) is 73.2 Å². The summed E-state index contributed by atoms with van der Waals surface area (Å²) >= 11 is 0. The van der Waals surface area contributed by atoms with Gasteiger partial charge in [0, 0.05) is 86.1 Å². The number of likely N-dealkylation sites (N-methyl/N-ethyl adjacent to an activating group) is 2. The lowest BCUT2D eigenvalue weighted by molar-refractivity contribution is -0.150. The predicted molar refractivity (Wildman–Crippen MR) is 221 cm³/mol. The molecule has 11 heteroatoms. The highest BCUT2D eigenvalue weighted by Crippen LogP contribution is 2.25. The number of hydrogen-bond acceptors (Lipinski definition) is 8. The first-order valence-corrected chi connectivity index (χ1v) is 20.1. The fraction of sp³-hybridized carbons (Fsp3) is 0.511. The molecule has 0 saturated carbocycles. The summed E-state index contributed by atoms with van der Waals surface area (Å²) < 4.78 is 10.8. The summed E-state index contributed by atoms with van der Waals surface area (Å²) in [7, 11) is 9.02. The van der Waals surface area contributed by atoms with Gasteiger partial charge in [0.15, 0.2) is 0 Å². The molecule has 0 atom stereocenters. The second-order valence-corrected chi connectivity index (χ2v) is 15.1. The molecule has 0 unspecified atom stereocenters. The van der Waals surface area contributed by atoms with Crippen molar-refractivity contribution in [1.29, 1.82) is 0 Å². The number of benzene rings is 3. The first kappa shape index (κ1) is 44.1. The second kappa shape index (κ2) is 23.5. The van der Waals surface area contributed by atoms with Gasteiger partial charge in [-0.15, -0.1) is 0 Å². The van der Waals surface area contributed by atoms with E-state index >= 15 is 0 Å². The third-order valence-electron chi connectivity index (χ3n) is 10.6. The fourth-order valence-electron chi connectivity index (χ4n) is 7.02. The minimum atomic E-state index is -0.181. The van der Waals surface area contributed by atoms with Crippen molar-refractivity contribution in [2.45, 2.75) is 64.0 Å². The number of hydrogen-bond donors (Lipinski definition) is 0. The SMILES string of the molecule is COCC(=O)N(C)CCCN(C)C(=O)c1ccc(CN(C)CCCCCC(=O)N(C)CCN2CCC(OC(=O)Cc3ccccc3-c3ccccc3)CC2)cc1. The van der Waals surface area contributed by atoms with Crippen molar-refractivity contribution in [3.8, 4) is 11.1 Å². The van der Waals surface area contributed by atoms with Crippen molar-refractivity contribution < 1.29 is 28.7 Å². The fourth-order valence-corrected chi connectivity index (χ4v) is 7.02. The summed E-state index contributed by atoms with van der Waals surface area (Å²) in [6.07, 6.45) is 5.92. The van der Waals surface area contributed by atoms with Crippen LogP contribution >= 0.6 is 0 Å². The molecule has 1 fully saturated rings. The van der Waals surface area contributed by atoms with Crippen LogP contribution in [0.1, 0.15) is 66.4 Å². The smallest absolute Gasteiger partial charge is 0.310 e. The van der Waals surface area contributed by atoms with Crippen molar-refractivity contribution in [3.05, 3.63) is 95.6 Å². The molecule has 11 nitrogen and oxygen atoms in total. The van der Waals surface area contributed by atoms with Crippen LogP contribution in [0.25, 0.3) is 11.1 Å². The number of likely N-dealkylation sites (tertiary alicyclic amines) is 1. The number of methoxy groups -OCH3 is 1. The number of ether oxygens (including phenoxy) is 2. The molecule has 3 amide bonds. The zero-order chi connectivity index (χ0) is 40.3. The number of piperidine rings is 1. The molecule has 1 saturated heterocycles. The maximum absolute atomic E-state index is 12.9. The van der Waals surface area contributed by atoms with Crippen molar-refractivity contribution >= 4 is 23.7 Å². The van der Waals surface area contributed by atoms with Crippen LogP contribution in [-0.4, -0.2) is 142 Å². The maximum Gasteiger partial charge on any atom is 0.310 e. The molecule has 0 bridgehead atoms. The number of carbonyl (C=O) groups is 4. The number of rotatable bonds is 22. The van der Waals surface area contributed by atoms with Crippen LogP contribution < -0.4 is 0 Å². The quantitative estimate of drug-likeness (QED) is 0.0960. The Balaban J connectivity index is 1.04. The average Bonchev–Trinajstić information content (AvgIpc) is 3.20. The van der Waals surface area contributed by atoms with E-state index in [9.17, 15) is 19.2 Å². The van der Waals surface area contributed by atoms with Crippen molar-refractivity contribution in [3.63, 3.8) is 0 Å². The standard InChI is InChI=1S/C45H63N5O6/c1-46(34-36-20-22-38(23-21-36)45(54)49(4)28-14-27-47(2)43(52)35-55-5)26-13-7-10-19-42(51)48(3)31-32-50-29-24-40(25-30-50)56-44(53)33-39-17-11-12-18-41(39)37-15-8-6-9-16-37/h6,8-9,11-12,15-18,20-23,40H,7,10,13-14,19,24-35H2,1-5H3. The highest BCUT2D eigenvalue weighted by molar-refractivity contribution is 5.94. The topological polar surface area (TPSA) is 103 Å². The van der Waals surface area contributed by atoms with Crippen molar-refractivity contribution in [1.82, 2.24) is 24.5 Å². The minimum Gasteiger partial charge on any atom is -0.462 e. The maximum atomic E-state index is 12.9. The normalized spacial score (nSPS) is 13.4. The van der Waals surface area contributed by atoms with Gasteiger partial charge in [0.2, 0.25) is 11.8 Å². The molecule has 3 aromatic rings.